The summed E-state index contributed by atoms with van der Waals surface area (Å²) < 4.78 is 0. The Balaban J connectivity index is 2.61. The van der Waals surface area contributed by atoms with Crippen LogP contribution in [0, 0.1) is 6.92 Å². The fourth-order valence-corrected chi connectivity index (χ4v) is 1.60. The van der Waals surface area contributed by atoms with Gasteiger partial charge in [0.25, 0.3) is 0 Å². The van der Waals surface area contributed by atoms with Gasteiger partial charge in [-0.15, -0.1) is 11.3 Å². The molecule has 0 saturated carbocycles. The van der Waals surface area contributed by atoms with E-state index in [9.17, 15) is 9.59 Å². The summed E-state index contributed by atoms with van der Waals surface area (Å²) in [4.78, 5) is 26.4. The summed E-state index contributed by atoms with van der Waals surface area (Å²) in [6, 6.07) is 0. The molecule has 0 unspecified atom stereocenters. The third kappa shape index (κ3) is 3.99. The molecule has 1 heterocycles. The van der Waals surface area contributed by atoms with Crippen molar-refractivity contribution >= 4 is 29.3 Å². The van der Waals surface area contributed by atoms with E-state index in [0.717, 1.165) is 5.01 Å². The molecule has 0 aliphatic carbocycles. The summed E-state index contributed by atoms with van der Waals surface area (Å²) in [5.41, 5.74) is -0.588. The molecule has 1 aromatic heterocycles. The Morgan fingerprint density at radius 3 is 2.65 bits per heavy atom. The third-order valence-corrected chi connectivity index (χ3v) is 2.80. The minimum absolute atomic E-state index is 0.456. The molecule has 1 amide bonds. The Labute approximate surface area is 103 Å². The number of carboxylic acids is 1. The number of thiazole rings is 1. The average Bonchev–Trinajstić information content (AvgIpc) is 2.60. The van der Waals surface area contributed by atoms with Crippen molar-refractivity contribution in [2.75, 3.05) is 0 Å². The maximum Gasteiger partial charge on any atom is 0.328 e. The van der Waals surface area contributed by atoms with E-state index in [4.69, 9.17) is 5.11 Å². The molecule has 2 N–H and O–H groups in total. The van der Waals surface area contributed by atoms with Gasteiger partial charge in [-0.1, -0.05) is 0 Å². The number of amides is 1. The maximum atomic E-state index is 11.5. The normalized spacial score (nSPS) is 11.7. The quantitative estimate of drug-likeness (QED) is 0.797. The first-order valence-electron chi connectivity index (χ1n) is 4.97. The highest BCUT2D eigenvalue weighted by atomic mass is 32.1. The SMILES string of the molecule is Cc1nc(C=CC(=O)NC(C)(C)C(=O)O)cs1. The van der Waals surface area contributed by atoms with Gasteiger partial charge in [0.1, 0.15) is 5.54 Å². The van der Waals surface area contributed by atoms with Crippen LogP contribution in [0.4, 0.5) is 0 Å². The first-order chi connectivity index (χ1) is 7.81. The van der Waals surface area contributed by atoms with Gasteiger partial charge in [0, 0.05) is 11.5 Å². The number of carboxylic acid groups (broad SMARTS) is 1. The van der Waals surface area contributed by atoms with Crippen LogP contribution in [0.1, 0.15) is 24.5 Å². The molecule has 1 aromatic rings. The molecular formula is C11H14N2O3S. The fraction of sp³-hybridized carbons (Fsp3) is 0.364. The molecule has 17 heavy (non-hydrogen) atoms. The topological polar surface area (TPSA) is 79.3 Å². The Bertz CT molecular complexity index is 463. The Kier molecular flexibility index (Phi) is 4.01. The fourth-order valence-electron chi connectivity index (χ4n) is 1.02. The number of hydrogen-bond acceptors (Lipinski definition) is 4. The lowest BCUT2D eigenvalue weighted by atomic mass is 10.1. The Morgan fingerprint density at radius 1 is 1.53 bits per heavy atom. The number of aromatic nitrogens is 1. The lowest BCUT2D eigenvalue weighted by Gasteiger charge is -2.19. The van der Waals surface area contributed by atoms with Crippen LogP contribution in [0.15, 0.2) is 11.5 Å². The molecule has 5 nitrogen and oxygen atoms in total. The monoisotopic (exact) mass is 254 g/mol. The average molecular weight is 254 g/mol. The zero-order valence-electron chi connectivity index (χ0n) is 9.85. The van der Waals surface area contributed by atoms with E-state index in [2.05, 4.69) is 10.3 Å². The largest absolute Gasteiger partial charge is 0.480 e. The van der Waals surface area contributed by atoms with Gasteiger partial charge >= 0.3 is 5.97 Å². The molecule has 0 spiro atoms. The predicted molar refractivity (Wildman–Crippen MR) is 65.7 cm³/mol. The number of aliphatic carboxylic acids is 1. The van der Waals surface area contributed by atoms with Crippen molar-refractivity contribution in [3.63, 3.8) is 0 Å². The summed E-state index contributed by atoms with van der Waals surface area (Å²) in [6.07, 6.45) is 2.83. The molecule has 0 atom stereocenters. The van der Waals surface area contributed by atoms with Crippen LogP contribution in [0.3, 0.4) is 0 Å². The Hall–Kier alpha value is -1.69. The highest BCUT2D eigenvalue weighted by molar-refractivity contribution is 7.09. The van der Waals surface area contributed by atoms with Gasteiger partial charge < -0.3 is 10.4 Å². The lowest BCUT2D eigenvalue weighted by Crippen LogP contribution is -2.49. The smallest absolute Gasteiger partial charge is 0.328 e. The van der Waals surface area contributed by atoms with Gasteiger partial charge in [-0.2, -0.15) is 0 Å². The van der Waals surface area contributed by atoms with Crippen LogP contribution < -0.4 is 5.32 Å². The molecule has 0 radical (unpaired) electrons. The maximum absolute atomic E-state index is 11.5. The van der Waals surface area contributed by atoms with Crippen molar-refractivity contribution in [2.45, 2.75) is 26.3 Å². The van der Waals surface area contributed by atoms with E-state index in [1.807, 2.05) is 12.3 Å². The van der Waals surface area contributed by atoms with Crippen LogP contribution in [-0.4, -0.2) is 27.5 Å². The van der Waals surface area contributed by atoms with Crippen molar-refractivity contribution < 1.29 is 14.7 Å². The van der Waals surface area contributed by atoms with Crippen molar-refractivity contribution in [1.29, 1.82) is 0 Å². The highest BCUT2D eigenvalue weighted by Gasteiger charge is 2.27. The third-order valence-electron chi connectivity index (χ3n) is 2.01. The van der Waals surface area contributed by atoms with E-state index >= 15 is 0 Å². The highest BCUT2D eigenvalue weighted by Crippen LogP contribution is 2.09. The molecule has 6 heteroatoms. The standard InChI is InChI=1S/C11H14N2O3S/c1-7-12-8(6-17-7)4-5-9(14)13-11(2,3)10(15)16/h4-6H,1-3H3,(H,13,14)(H,15,16). The van der Waals surface area contributed by atoms with Gasteiger partial charge in [-0.25, -0.2) is 9.78 Å². The molecule has 0 aromatic carbocycles. The van der Waals surface area contributed by atoms with Crippen LogP contribution in [0.5, 0.6) is 0 Å². The number of aryl methyl sites for hydroxylation is 1. The van der Waals surface area contributed by atoms with Crippen LogP contribution in [0.25, 0.3) is 6.08 Å². The van der Waals surface area contributed by atoms with Crippen molar-refractivity contribution in [3.05, 3.63) is 22.2 Å². The molecule has 0 bridgehead atoms. The summed E-state index contributed by atoms with van der Waals surface area (Å²) in [5.74, 6) is -1.54. The summed E-state index contributed by atoms with van der Waals surface area (Å²) >= 11 is 1.49. The van der Waals surface area contributed by atoms with Crippen molar-refractivity contribution in [3.8, 4) is 0 Å². The zero-order valence-corrected chi connectivity index (χ0v) is 10.7. The van der Waals surface area contributed by atoms with Crippen LogP contribution >= 0.6 is 11.3 Å². The minimum Gasteiger partial charge on any atom is -0.480 e. The van der Waals surface area contributed by atoms with E-state index in [0.29, 0.717) is 5.69 Å². The molecule has 0 saturated heterocycles. The number of rotatable bonds is 4. The second kappa shape index (κ2) is 5.09. The number of carbonyl (C=O) groups is 2. The molecule has 1 rings (SSSR count). The summed E-state index contributed by atoms with van der Waals surface area (Å²) in [7, 11) is 0. The van der Waals surface area contributed by atoms with Gasteiger partial charge in [-0.05, 0) is 26.8 Å². The Morgan fingerprint density at radius 2 is 2.18 bits per heavy atom. The molecule has 0 fully saturated rings. The summed E-state index contributed by atoms with van der Waals surface area (Å²) in [5, 5.41) is 13.9. The van der Waals surface area contributed by atoms with E-state index < -0.39 is 17.4 Å². The molecule has 0 aliphatic heterocycles. The first-order valence-corrected chi connectivity index (χ1v) is 5.85. The number of hydrogen-bond donors (Lipinski definition) is 2. The van der Waals surface area contributed by atoms with Gasteiger partial charge in [0.05, 0.1) is 10.7 Å². The van der Waals surface area contributed by atoms with Crippen molar-refractivity contribution in [1.82, 2.24) is 10.3 Å². The van der Waals surface area contributed by atoms with E-state index in [-0.39, 0.29) is 0 Å². The lowest BCUT2D eigenvalue weighted by molar-refractivity contribution is -0.145. The number of carbonyl (C=O) groups excluding carboxylic acids is 1. The molecule has 92 valence electrons. The van der Waals surface area contributed by atoms with E-state index in [1.165, 1.54) is 31.3 Å². The number of nitrogens with one attached hydrogen (secondary N) is 1. The summed E-state index contributed by atoms with van der Waals surface area (Å²) in [6.45, 7) is 4.72. The van der Waals surface area contributed by atoms with Gasteiger partial charge in [-0.3, -0.25) is 4.79 Å². The molecular weight excluding hydrogens is 240 g/mol. The van der Waals surface area contributed by atoms with Crippen LogP contribution in [-0.2, 0) is 9.59 Å². The van der Waals surface area contributed by atoms with Crippen LogP contribution in [0.2, 0.25) is 0 Å². The molecule has 0 aliphatic rings. The zero-order chi connectivity index (χ0) is 13.1. The van der Waals surface area contributed by atoms with Gasteiger partial charge in [0.15, 0.2) is 0 Å². The van der Waals surface area contributed by atoms with E-state index in [1.54, 1.807) is 6.08 Å². The van der Waals surface area contributed by atoms with Gasteiger partial charge in [0.2, 0.25) is 5.91 Å². The van der Waals surface area contributed by atoms with Crippen molar-refractivity contribution in [2.24, 2.45) is 0 Å². The second-order valence-electron chi connectivity index (χ2n) is 4.04. The minimum atomic E-state index is -1.28. The second-order valence-corrected chi connectivity index (χ2v) is 5.11. The number of nitrogens with zero attached hydrogens (tertiary/aromatic N) is 1. The predicted octanol–water partition coefficient (Wildman–Crippen LogP) is 1.44. The first kappa shape index (κ1) is 13.4.